The molecule has 1 atom stereocenters. The first-order chi connectivity index (χ1) is 10.2. The minimum absolute atomic E-state index is 0.0300. The van der Waals surface area contributed by atoms with Crippen LogP contribution in [0.2, 0.25) is 5.02 Å². The van der Waals surface area contributed by atoms with E-state index in [1.54, 1.807) is 11.8 Å². The van der Waals surface area contributed by atoms with Gasteiger partial charge < -0.3 is 0 Å². The van der Waals surface area contributed by atoms with Crippen molar-refractivity contribution in [2.45, 2.75) is 12.8 Å². The second kappa shape index (κ2) is 7.48. The lowest BCUT2D eigenvalue weighted by Crippen LogP contribution is -2.02. The van der Waals surface area contributed by atoms with E-state index in [0.29, 0.717) is 5.02 Å². The highest BCUT2D eigenvalue weighted by Gasteiger charge is 2.16. The van der Waals surface area contributed by atoms with Gasteiger partial charge in [-0.2, -0.15) is 0 Å². The Balaban J connectivity index is 2.47. The highest BCUT2D eigenvalue weighted by molar-refractivity contribution is 8.07. The summed E-state index contributed by atoms with van der Waals surface area (Å²) in [7, 11) is 0. The number of hydrogen-bond donors (Lipinski definition) is 0. The molecule has 0 N–H and O–H groups in total. The van der Waals surface area contributed by atoms with Gasteiger partial charge in [0.25, 0.3) is 0 Å². The number of allylic oxidation sites excluding steroid dienone is 1. The fourth-order valence-electron chi connectivity index (χ4n) is 2.28. The Morgan fingerprint density at radius 1 is 1.10 bits per heavy atom. The summed E-state index contributed by atoms with van der Waals surface area (Å²) >= 11 is 7.53. The molecule has 0 radical (unpaired) electrons. The molecular weight excluding hydrogens is 300 g/mol. The highest BCUT2D eigenvalue weighted by atomic mass is 35.5. The average Bonchev–Trinajstić information content (AvgIpc) is 2.53. The van der Waals surface area contributed by atoms with Crippen LogP contribution in [-0.2, 0) is 4.79 Å². The van der Waals surface area contributed by atoms with Gasteiger partial charge in [0.2, 0.25) is 0 Å². The van der Waals surface area contributed by atoms with E-state index in [1.807, 2.05) is 67.8 Å². The van der Waals surface area contributed by atoms with E-state index in [1.165, 1.54) is 0 Å². The molecule has 1 unspecified atom stereocenters. The lowest BCUT2D eigenvalue weighted by molar-refractivity contribution is -0.105. The Bertz CT molecular complexity index is 632. The lowest BCUT2D eigenvalue weighted by Gasteiger charge is -2.16. The standard InChI is InChI=1S/C18H17ClOS/c1-13(14-8-10-16(19)11-9-14)17(12-20)18(21-2)15-6-4-3-5-7-15/h3-13H,1-2H3/b18-17-. The Morgan fingerprint density at radius 2 is 1.71 bits per heavy atom. The molecule has 2 rings (SSSR count). The number of halogens is 1. The van der Waals surface area contributed by atoms with E-state index >= 15 is 0 Å². The topological polar surface area (TPSA) is 17.1 Å². The molecule has 2 aromatic rings. The van der Waals surface area contributed by atoms with Crippen LogP contribution in [0.15, 0.2) is 60.2 Å². The van der Waals surface area contributed by atoms with E-state index in [-0.39, 0.29) is 5.92 Å². The maximum absolute atomic E-state index is 11.7. The minimum atomic E-state index is 0.0300. The molecule has 0 saturated heterocycles. The van der Waals surface area contributed by atoms with Gasteiger partial charge in [-0.05, 0) is 29.5 Å². The molecule has 0 saturated carbocycles. The van der Waals surface area contributed by atoms with Gasteiger partial charge in [-0.1, -0.05) is 61.0 Å². The number of thioether (sulfide) groups is 1. The van der Waals surface area contributed by atoms with Crippen LogP contribution >= 0.6 is 23.4 Å². The second-order valence-corrected chi connectivity index (χ2v) is 6.00. The molecule has 0 aliphatic carbocycles. The first kappa shape index (κ1) is 15.9. The number of aldehydes is 1. The molecule has 1 nitrogen and oxygen atoms in total. The molecule has 0 aliphatic heterocycles. The quantitative estimate of drug-likeness (QED) is 0.541. The largest absolute Gasteiger partial charge is 0.298 e. The van der Waals surface area contributed by atoms with Crippen LogP contribution in [0.5, 0.6) is 0 Å². The van der Waals surface area contributed by atoms with E-state index in [9.17, 15) is 4.79 Å². The van der Waals surface area contributed by atoms with Crippen molar-refractivity contribution in [3.63, 3.8) is 0 Å². The van der Waals surface area contributed by atoms with Crippen LogP contribution in [0.3, 0.4) is 0 Å². The second-order valence-electron chi connectivity index (χ2n) is 4.75. The molecule has 0 heterocycles. The summed E-state index contributed by atoms with van der Waals surface area (Å²) < 4.78 is 0. The Labute approximate surface area is 135 Å². The molecule has 2 aromatic carbocycles. The third-order valence-corrected chi connectivity index (χ3v) is 4.60. The SMILES string of the molecule is CS/C(=C(/C=O)C(C)c1ccc(Cl)cc1)c1ccccc1. The predicted octanol–water partition coefficient (Wildman–Crippen LogP) is 5.42. The first-order valence-electron chi connectivity index (χ1n) is 6.71. The van der Waals surface area contributed by atoms with Gasteiger partial charge in [0.05, 0.1) is 0 Å². The molecule has 108 valence electrons. The summed E-state index contributed by atoms with van der Waals surface area (Å²) in [6.07, 6.45) is 2.97. The van der Waals surface area contributed by atoms with E-state index in [0.717, 1.165) is 27.9 Å². The maximum atomic E-state index is 11.7. The van der Waals surface area contributed by atoms with E-state index in [4.69, 9.17) is 11.6 Å². The van der Waals surface area contributed by atoms with Crippen molar-refractivity contribution in [1.82, 2.24) is 0 Å². The van der Waals surface area contributed by atoms with Crippen LogP contribution in [0.1, 0.15) is 24.0 Å². The van der Waals surface area contributed by atoms with Gasteiger partial charge in [0, 0.05) is 21.4 Å². The lowest BCUT2D eigenvalue weighted by atomic mass is 9.92. The number of carbonyl (C=O) groups is 1. The fourth-order valence-corrected chi connectivity index (χ4v) is 3.23. The normalized spacial score (nSPS) is 13.5. The van der Waals surface area contributed by atoms with E-state index in [2.05, 4.69) is 0 Å². The van der Waals surface area contributed by atoms with Crippen molar-refractivity contribution in [2.75, 3.05) is 6.26 Å². The number of benzene rings is 2. The predicted molar refractivity (Wildman–Crippen MR) is 92.8 cm³/mol. The van der Waals surface area contributed by atoms with Gasteiger partial charge in [-0.3, -0.25) is 4.79 Å². The number of hydrogen-bond acceptors (Lipinski definition) is 2. The van der Waals surface area contributed by atoms with Crippen molar-refractivity contribution in [3.8, 4) is 0 Å². The molecule has 0 amide bonds. The zero-order valence-corrected chi connectivity index (χ0v) is 13.6. The third kappa shape index (κ3) is 3.78. The molecule has 0 spiro atoms. The van der Waals surface area contributed by atoms with Crippen LogP contribution in [0, 0.1) is 0 Å². The Morgan fingerprint density at radius 3 is 2.24 bits per heavy atom. The molecule has 0 aromatic heterocycles. The molecule has 0 bridgehead atoms. The fraction of sp³-hybridized carbons (Fsp3) is 0.167. The molecule has 21 heavy (non-hydrogen) atoms. The van der Waals surface area contributed by atoms with Crippen LogP contribution < -0.4 is 0 Å². The monoisotopic (exact) mass is 316 g/mol. The van der Waals surface area contributed by atoms with Crippen molar-refractivity contribution in [1.29, 1.82) is 0 Å². The third-order valence-electron chi connectivity index (χ3n) is 3.47. The molecule has 0 fully saturated rings. The van der Waals surface area contributed by atoms with Crippen molar-refractivity contribution in [3.05, 3.63) is 76.3 Å². The van der Waals surface area contributed by atoms with Crippen LogP contribution in [0.4, 0.5) is 0 Å². The van der Waals surface area contributed by atoms with Crippen molar-refractivity contribution in [2.24, 2.45) is 0 Å². The summed E-state index contributed by atoms with van der Waals surface area (Å²) in [6, 6.07) is 17.7. The average molecular weight is 317 g/mol. The summed E-state index contributed by atoms with van der Waals surface area (Å²) in [6.45, 7) is 2.05. The van der Waals surface area contributed by atoms with Crippen molar-refractivity contribution >= 4 is 34.6 Å². The summed E-state index contributed by atoms with van der Waals surface area (Å²) in [4.78, 5) is 12.7. The van der Waals surface area contributed by atoms with Gasteiger partial charge >= 0.3 is 0 Å². The number of carbonyl (C=O) groups excluding carboxylic acids is 1. The van der Waals surface area contributed by atoms with Crippen LogP contribution in [-0.4, -0.2) is 12.5 Å². The summed E-state index contributed by atoms with van der Waals surface area (Å²) in [5, 5.41) is 0.704. The van der Waals surface area contributed by atoms with Gasteiger partial charge in [0.15, 0.2) is 0 Å². The zero-order chi connectivity index (χ0) is 15.2. The zero-order valence-electron chi connectivity index (χ0n) is 12.0. The Kier molecular flexibility index (Phi) is 5.66. The summed E-state index contributed by atoms with van der Waals surface area (Å²) in [5.41, 5.74) is 2.97. The minimum Gasteiger partial charge on any atom is -0.298 e. The van der Waals surface area contributed by atoms with Gasteiger partial charge in [-0.15, -0.1) is 11.8 Å². The Hall–Kier alpha value is -1.51. The molecule has 3 heteroatoms. The molecule has 0 aliphatic rings. The maximum Gasteiger partial charge on any atom is 0.147 e. The van der Waals surface area contributed by atoms with E-state index < -0.39 is 0 Å². The number of rotatable bonds is 5. The van der Waals surface area contributed by atoms with Crippen LogP contribution in [0.25, 0.3) is 4.91 Å². The molecular formula is C18H17ClOS. The van der Waals surface area contributed by atoms with Gasteiger partial charge in [-0.25, -0.2) is 0 Å². The van der Waals surface area contributed by atoms with Gasteiger partial charge in [0.1, 0.15) is 6.29 Å². The van der Waals surface area contributed by atoms with Crippen molar-refractivity contribution < 1.29 is 4.79 Å². The smallest absolute Gasteiger partial charge is 0.147 e. The first-order valence-corrected chi connectivity index (χ1v) is 8.32. The highest BCUT2D eigenvalue weighted by Crippen LogP contribution is 2.35. The summed E-state index contributed by atoms with van der Waals surface area (Å²) in [5.74, 6) is 0.0300.